The van der Waals surface area contributed by atoms with E-state index in [1.165, 1.54) is 4.31 Å². The van der Waals surface area contributed by atoms with Crippen LogP contribution >= 0.6 is 11.6 Å². The first-order valence-electron chi connectivity index (χ1n) is 10.7. The van der Waals surface area contributed by atoms with Crippen LogP contribution in [0.15, 0.2) is 47.4 Å². The number of fused-ring (bicyclic) bond motifs is 1. The van der Waals surface area contributed by atoms with Gasteiger partial charge in [0.05, 0.1) is 16.3 Å². The molecule has 8 nitrogen and oxygen atoms in total. The molecule has 4 rings (SSSR count). The van der Waals surface area contributed by atoms with Gasteiger partial charge >= 0.3 is 0 Å². The molecule has 0 saturated carbocycles. The Hall–Kier alpha value is -2.49. The monoisotopic (exact) mass is 475 g/mol. The summed E-state index contributed by atoms with van der Waals surface area (Å²) in [5, 5.41) is 11.7. The van der Waals surface area contributed by atoms with Gasteiger partial charge in [0, 0.05) is 31.2 Å². The van der Waals surface area contributed by atoms with E-state index >= 15 is 0 Å². The summed E-state index contributed by atoms with van der Waals surface area (Å²) in [6.45, 7) is 3.61. The van der Waals surface area contributed by atoms with E-state index in [2.05, 4.69) is 15.6 Å². The molecule has 1 atom stereocenters. The molecule has 1 saturated heterocycles. The number of nitrogens with one attached hydrogen (secondary N) is 1. The van der Waals surface area contributed by atoms with Crippen LogP contribution < -0.4 is 5.32 Å². The van der Waals surface area contributed by atoms with Gasteiger partial charge in [-0.1, -0.05) is 41.9 Å². The van der Waals surface area contributed by atoms with Crippen molar-refractivity contribution in [3.8, 4) is 0 Å². The van der Waals surface area contributed by atoms with Gasteiger partial charge in [-0.3, -0.25) is 4.79 Å². The highest BCUT2D eigenvalue weighted by molar-refractivity contribution is 7.89. The molecule has 32 heavy (non-hydrogen) atoms. The summed E-state index contributed by atoms with van der Waals surface area (Å²) in [7, 11) is -3.74. The lowest BCUT2D eigenvalue weighted by Gasteiger charge is -2.31. The number of amides is 1. The highest BCUT2D eigenvalue weighted by Gasteiger charge is 2.33. The van der Waals surface area contributed by atoms with Crippen LogP contribution in [0.2, 0.25) is 5.02 Å². The molecule has 3 aromatic rings. The second-order valence-corrected chi connectivity index (χ2v) is 10.3. The van der Waals surface area contributed by atoms with Crippen molar-refractivity contribution in [3.63, 3.8) is 0 Å². The average Bonchev–Trinajstić information content (AvgIpc) is 3.21. The van der Waals surface area contributed by atoms with Crippen molar-refractivity contribution in [2.75, 3.05) is 13.1 Å². The fraction of sp³-hybridized carbons (Fsp3) is 0.409. The molecule has 1 aliphatic heterocycles. The van der Waals surface area contributed by atoms with Crippen LogP contribution in [0, 0.1) is 5.92 Å². The van der Waals surface area contributed by atoms with E-state index in [1.807, 2.05) is 25.1 Å². The maximum Gasteiger partial charge on any atom is 0.243 e. The first-order chi connectivity index (χ1) is 15.4. The average molecular weight is 476 g/mol. The van der Waals surface area contributed by atoms with Gasteiger partial charge in [-0.2, -0.15) is 4.31 Å². The van der Waals surface area contributed by atoms with Crippen LogP contribution in [0.4, 0.5) is 0 Å². The lowest BCUT2D eigenvalue weighted by atomic mass is 9.99. The molecule has 0 spiro atoms. The largest absolute Gasteiger partial charge is 0.352 e. The van der Waals surface area contributed by atoms with E-state index in [1.54, 1.807) is 28.9 Å². The third-order valence-corrected chi connectivity index (χ3v) is 7.95. The highest BCUT2D eigenvalue weighted by Crippen LogP contribution is 2.26. The SMILES string of the molecule is CCCn1nnc2cc(S(=O)(=O)N3CCC[C@H](C(=O)NCc4ccccc4Cl)C3)ccc21. The number of aromatic nitrogens is 3. The zero-order chi connectivity index (χ0) is 22.7. The Balaban J connectivity index is 1.46. The number of carbonyl (C=O) groups excluding carboxylic acids is 1. The molecule has 1 aromatic heterocycles. The molecule has 2 aromatic carbocycles. The first-order valence-corrected chi connectivity index (χ1v) is 12.6. The Kier molecular flexibility index (Phi) is 6.78. The van der Waals surface area contributed by atoms with Gasteiger partial charge in [-0.25, -0.2) is 13.1 Å². The number of halogens is 1. The summed E-state index contributed by atoms with van der Waals surface area (Å²) < 4.78 is 29.7. The van der Waals surface area contributed by atoms with Crippen molar-refractivity contribution in [1.82, 2.24) is 24.6 Å². The Morgan fingerprint density at radius 3 is 2.84 bits per heavy atom. The number of hydrogen-bond acceptors (Lipinski definition) is 5. The minimum absolute atomic E-state index is 0.150. The molecule has 0 bridgehead atoms. The van der Waals surface area contributed by atoms with Crippen molar-refractivity contribution in [3.05, 3.63) is 53.1 Å². The molecule has 10 heteroatoms. The van der Waals surface area contributed by atoms with Crippen molar-refractivity contribution in [2.24, 2.45) is 5.92 Å². The van der Waals surface area contributed by atoms with Gasteiger partial charge < -0.3 is 5.32 Å². The summed E-state index contributed by atoms with van der Waals surface area (Å²) in [4.78, 5) is 12.9. The number of carbonyl (C=O) groups is 1. The number of rotatable bonds is 7. The van der Waals surface area contributed by atoms with Crippen LogP contribution in [0.1, 0.15) is 31.7 Å². The topological polar surface area (TPSA) is 97.2 Å². The van der Waals surface area contributed by atoms with Crippen LogP contribution in [-0.4, -0.2) is 46.7 Å². The summed E-state index contributed by atoms with van der Waals surface area (Å²) in [6.07, 6.45) is 2.18. The Morgan fingerprint density at radius 2 is 2.06 bits per heavy atom. The number of nitrogens with zero attached hydrogens (tertiary/aromatic N) is 4. The molecule has 2 heterocycles. The molecule has 1 fully saturated rings. The van der Waals surface area contributed by atoms with E-state index in [0.29, 0.717) is 36.5 Å². The lowest BCUT2D eigenvalue weighted by Crippen LogP contribution is -2.45. The van der Waals surface area contributed by atoms with Gasteiger partial charge in [0.2, 0.25) is 15.9 Å². The number of aryl methyl sites for hydroxylation is 1. The van der Waals surface area contributed by atoms with Gasteiger partial charge in [-0.05, 0) is 49.1 Å². The molecular formula is C22H26ClN5O3S. The zero-order valence-electron chi connectivity index (χ0n) is 17.9. The predicted molar refractivity (Wildman–Crippen MR) is 123 cm³/mol. The predicted octanol–water partition coefficient (Wildman–Crippen LogP) is 3.21. The summed E-state index contributed by atoms with van der Waals surface area (Å²) in [5.74, 6) is -0.571. The highest BCUT2D eigenvalue weighted by atomic mass is 35.5. The van der Waals surface area contributed by atoms with E-state index < -0.39 is 15.9 Å². The maximum absolute atomic E-state index is 13.3. The van der Waals surface area contributed by atoms with E-state index in [4.69, 9.17) is 11.6 Å². The van der Waals surface area contributed by atoms with Crippen molar-refractivity contribution in [1.29, 1.82) is 0 Å². The fourth-order valence-electron chi connectivity index (χ4n) is 3.98. The molecule has 1 amide bonds. The van der Waals surface area contributed by atoms with Crippen molar-refractivity contribution >= 4 is 38.6 Å². The van der Waals surface area contributed by atoms with E-state index in [0.717, 1.165) is 24.0 Å². The summed E-state index contributed by atoms with van der Waals surface area (Å²) in [6, 6.07) is 12.2. The van der Waals surface area contributed by atoms with Crippen molar-refractivity contribution < 1.29 is 13.2 Å². The minimum atomic E-state index is -3.74. The molecule has 1 aliphatic rings. The first kappa shape index (κ1) is 22.7. The van der Waals surface area contributed by atoms with Crippen LogP contribution in [-0.2, 0) is 27.9 Å². The molecule has 0 aliphatic carbocycles. The molecule has 0 unspecified atom stereocenters. The second-order valence-electron chi connectivity index (χ2n) is 7.97. The molecular weight excluding hydrogens is 450 g/mol. The summed E-state index contributed by atoms with van der Waals surface area (Å²) in [5.41, 5.74) is 2.18. The fourth-order valence-corrected chi connectivity index (χ4v) is 5.73. The molecule has 170 valence electrons. The smallest absolute Gasteiger partial charge is 0.243 e. The number of sulfonamides is 1. The Bertz CT molecular complexity index is 1230. The third kappa shape index (κ3) is 4.65. The van der Waals surface area contributed by atoms with Crippen molar-refractivity contribution in [2.45, 2.75) is 44.2 Å². The lowest BCUT2D eigenvalue weighted by molar-refractivity contribution is -0.126. The van der Waals surface area contributed by atoms with Crippen LogP contribution in [0.25, 0.3) is 11.0 Å². The van der Waals surface area contributed by atoms with Crippen LogP contribution in [0.5, 0.6) is 0 Å². The standard InChI is InChI=1S/C22H26ClN5O3S/c1-2-11-28-21-10-9-18(13-20(21)25-26-28)32(30,31)27-12-5-7-17(15-27)22(29)24-14-16-6-3-4-8-19(16)23/h3-4,6,8-10,13,17H,2,5,7,11-12,14-15H2,1H3,(H,24,29)/t17-/m0/s1. The Morgan fingerprint density at radius 1 is 1.25 bits per heavy atom. The maximum atomic E-state index is 13.3. The van der Waals surface area contributed by atoms with E-state index in [-0.39, 0.29) is 17.3 Å². The Labute approximate surface area is 192 Å². The molecule has 0 radical (unpaired) electrons. The zero-order valence-corrected chi connectivity index (χ0v) is 19.4. The number of hydrogen-bond donors (Lipinski definition) is 1. The minimum Gasteiger partial charge on any atom is -0.352 e. The van der Waals surface area contributed by atoms with Gasteiger partial charge in [0.15, 0.2) is 0 Å². The van der Waals surface area contributed by atoms with Gasteiger partial charge in [0.25, 0.3) is 0 Å². The number of benzene rings is 2. The third-order valence-electron chi connectivity index (χ3n) is 5.72. The van der Waals surface area contributed by atoms with E-state index in [9.17, 15) is 13.2 Å². The summed E-state index contributed by atoms with van der Waals surface area (Å²) >= 11 is 6.15. The normalized spacial score (nSPS) is 17.5. The second kappa shape index (κ2) is 9.56. The van der Waals surface area contributed by atoms with Gasteiger partial charge in [-0.15, -0.1) is 5.10 Å². The molecule has 1 N–H and O–H groups in total. The van der Waals surface area contributed by atoms with Gasteiger partial charge in [0.1, 0.15) is 5.52 Å². The number of piperidine rings is 1. The van der Waals surface area contributed by atoms with Crippen LogP contribution in [0.3, 0.4) is 0 Å². The quantitative estimate of drug-likeness (QED) is 0.566.